The number of hydrogen-bond donors (Lipinski definition) is 1. The van der Waals surface area contributed by atoms with Crippen molar-refractivity contribution in [1.29, 1.82) is 0 Å². The van der Waals surface area contributed by atoms with Gasteiger partial charge in [0.15, 0.2) is 0 Å². The minimum absolute atomic E-state index is 0.151. The van der Waals surface area contributed by atoms with Crippen LogP contribution in [-0.2, 0) is 10.0 Å². The van der Waals surface area contributed by atoms with E-state index in [-0.39, 0.29) is 29.4 Å². The lowest BCUT2D eigenvalue weighted by atomic mass is 10.2. The second kappa shape index (κ2) is 8.94. The molecule has 0 aliphatic rings. The van der Waals surface area contributed by atoms with Crippen LogP contribution in [0, 0.1) is 10.1 Å². The zero-order chi connectivity index (χ0) is 20.0. The first-order chi connectivity index (χ1) is 12.8. The van der Waals surface area contributed by atoms with Gasteiger partial charge in [0, 0.05) is 30.2 Å². The van der Waals surface area contributed by atoms with Gasteiger partial charge in [-0.1, -0.05) is 37.6 Å². The fraction of sp³-hybridized carbons (Fsp3) is 0.235. The van der Waals surface area contributed by atoms with Gasteiger partial charge in [-0.2, -0.15) is 9.41 Å². The summed E-state index contributed by atoms with van der Waals surface area (Å²) in [5.74, 6) is 0. The molecule has 10 heteroatoms. The molecule has 0 radical (unpaired) electrons. The third-order valence-corrected chi connectivity index (χ3v) is 6.11. The molecule has 1 N–H and O–H groups in total. The Bertz CT molecular complexity index is 942. The fourth-order valence-corrected chi connectivity index (χ4v) is 4.10. The molecule has 2 rings (SSSR count). The van der Waals surface area contributed by atoms with Gasteiger partial charge in [-0.25, -0.2) is 8.42 Å². The summed E-state index contributed by atoms with van der Waals surface area (Å²) >= 11 is 5.82. The SMILES string of the molecule is CCN(CC)S(=O)(=O)c1cc([N+](=O)[O-])ccc1N/N=C\c1ccc(Cl)cc1. The van der Waals surface area contributed by atoms with Crippen molar-refractivity contribution in [2.75, 3.05) is 18.5 Å². The highest BCUT2D eigenvalue weighted by Gasteiger charge is 2.27. The van der Waals surface area contributed by atoms with E-state index in [1.807, 2.05) is 0 Å². The number of hydrogen-bond acceptors (Lipinski definition) is 6. The van der Waals surface area contributed by atoms with Gasteiger partial charge >= 0.3 is 0 Å². The number of anilines is 1. The summed E-state index contributed by atoms with van der Waals surface area (Å²) in [6.45, 7) is 3.89. The zero-order valence-electron chi connectivity index (χ0n) is 14.8. The van der Waals surface area contributed by atoms with Crippen LogP contribution < -0.4 is 5.43 Å². The third kappa shape index (κ3) is 5.03. The number of nitrogens with one attached hydrogen (secondary N) is 1. The Morgan fingerprint density at radius 2 is 1.81 bits per heavy atom. The number of rotatable bonds is 8. The van der Waals surface area contributed by atoms with Gasteiger partial charge in [-0.15, -0.1) is 0 Å². The van der Waals surface area contributed by atoms with Crippen molar-refractivity contribution >= 4 is 39.2 Å². The van der Waals surface area contributed by atoms with Crippen LogP contribution in [-0.4, -0.2) is 37.0 Å². The largest absolute Gasteiger partial charge is 0.277 e. The van der Waals surface area contributed by atoms with Crippen molar-refractivity contribution in [3.8, 4) is 0 Å². The Labute approximate surface area is 162 Å². The number of benzene rings is 2. The molecule has 0 amide bonds. The molecular formula is C17H19ClN4O4S. The van der Waals surface area contributed by atoms with Gasteiger partial charge in [0.1, 0.15) is 4.90 Å². The maximum absolute atomic E-state index is 12.9. The Hall–Kier alpha value is -2.49. The van der Waals surface area contributed by atoms with E-state index in [2.05, 4.69) is 10.5 Å². The zero-order valence-corrected chi connectivity index (χ0v) is 16.4. The van der Waals surface area contributed by atoms with Crippen molar-refractivity contribution in [3.05, 3.63) is 63.2 Å². The molecule has 8 nitrogen and oxygen atoms in total. The van der Waals surface area contributed by atoms with E-state index in [9.17, 15) is 18.5 Å². The summed E-state index contributed by atoms with van der Waals surface area (Å²) in [5.41, 5.74) is 3.25. The molecule has 0 saturated heterocycles. The molecule has 0 spiro atoms. The van der Waals surface area contributed by atoms with Crippen LogP contribution in [0.4, 0.5) is 11.4 Å². The second-order valence-electron chi connectivity index (χ2n) is 5.45. The molecule has 0 bridgehead atoms. The molecular weight excluding hydrogens is 392 g/mol. The normalized spacial score (nSPS) is 11.9. The van der Waals surface area contributed by atoms with Crippen LogP contribution in [0.1, 0.15) is 19.4 Å². The first-order valence-electron chi connectivity index (χ1n) is 8.12. The van der Waals surface area contributed by atoms with E-state index in [0.717, 1.165) is 11.6 Å². The highest BCUT2D eigenvalue weighted by atomic mass is 35.5. The molecule has 144 valence electrons. The maximum atomic E-state index is 12.9. The molecule has 2 aromatic carbocycles. The van der Waals surface area contributed by atoms with Crippen molar-refractivity contribution in [2.45, 2.75) is 18.7 Å². The first kappa shape index (κ1) is 20.8. The average Bonchev–Trinajstić information content (AvgIpc) is 2.64. The molecule has 27 heavy (non-hydrogen) atoms. The molecule has 0 fully saturated rings. The summed E-state index contributed by atoms with van der Waals surface area (Å²) in [6, 6.07) is 10.5. The van der Waals surface area contributed by atoms with Crippen molar-refractivity contribution in [1.82, 2.24) is 4.31 Å². The number of hydrazone groups is 1. The number of nitro groups is 1. The minimum Gasteiger partial charge on any atom is -0.277 e. The lowest BCUT2D eigenvalue weighted by Crippen LogP contribution is -2.31. The Balaban J connectivity index is 2.40. The number of non-ortho nitro benzene ring substituents is 1. The summed E-state index contributed by atoms with van der Waals surface area (Å²) in [7, 11) is -3.91. The summed E-state index contributed by atoms with van der Waals surface area (Å²) in [6.07, 6.45) is 1.49. The van der Waals surface area contributed by atoms with Gasteiger partial charge < -0.3 is 0 Å². The van der Waals surface area contributed by atoms with Crippen molar-refractivity contribution in [2.24, 2.45) is 5.10 Å². The number of halogens is 1. The summed E-state index contributed by atoms with van der Waals surface area (Å²) in [4.78, 5) is 10.2. The third-order valence-electron chi connectivity index (χ3n) is 3.77. The van der Waals surface area contributed by atoms with E-state index in [4.69, 9.17) is 11.6 Å². The molecule has 2 aromatic rings. The van der Waals surface area contributed by atoms with Crippen molar-refractivity contribution in [3.63, 3.8) is 0 Å². The Morgan fingerprint density at radius 1 is 1.19 bits per heavy atom. The van der Waals surface area contributed by atoms with Crippen LogP contribution in [0.2, 0.25) is 5.02 Å². The minimum atomic E-state index is -3.91. The summed E-state index contributed by atoms with van der Waals surface area (Å²) in [5, 5.41) is 15.7. The van der Waals surface area contributed by atoms with E-state index in [0.29, 0.717) is 5.02 Å². The lowest BCUT2D eigenvalue weighted by Gasteiger charge is -2.20. The van der Waals surface area contributed by atoms with Crippen LogP contribution in [0.5, 0.6) is 0 Å². The smallest absolute Gasteiger partial charge is 0.270 e. The van der Waals surface area contributed by atoms with Crippen LogP contribution in [0.25, 0.3) is 0 Å². The highest BCUT2D eigenvalue weighted by molar-refractivity contribution is 7.89. The molecule has 0 aromatic heterocycles. The molecule has 0 saturated carbocycles. The number of sulfonamides is 1. The van der Waals surface area contributed by atoms with Gasteiger partial charge in [-0.3, -0.25) is 15.5 Å². The van der Waals surface area contributed by atoms with E-state index in [1.165, 1.54) is 22.7 Å². The first-order valence-corrected chi connectivity index (χ1v) is 9.94. The number of nitro benzene ring substituents is 1. The fourth-order valence-electron chi connectivity index (χ4n) is 2.36. The second-order valence-corrected chi connectivity index (χ2v) is 7.79. The van der Waals surface area contributed by atoms with Crippen LogP contribution >= 0.6 is 11.6 Å². The van der Waals surface area contributed by atoms with E-state index < -0.39 is 14.9 Å². The standard InChI is InChI=1S/C17H19ClN4O4S/c1-3-21(4-2)27(25,26)17-11-15(22(23)24)9-10-16(17)20-19-12-13-5-7-14(18)8-6-13/h5-12,20H,3-4H2,1-2H3/b19-12-. The highest BCUT2D eigenvalue weighted by Crippen LogP contribution is 2.29. The predicted molar refractivity (Wildman–Crippen MR) is 106 cm³/mol. The lowest BCUT2D eigenvalue weighted by molar-refractivity contribution is -0.385. The van der Waals surface area contributed by atoms with Gasteiger partial charge in [0.05, 0.1) is 16.8 Å². The molecule has 0 heterocycles. The van der Waals surface area contributed by atoms with E-state index in [1.54, 1.807) is 38.1 Å². The quantitative estimate of drug-likeness (QED) is 0.405. The van der Waals surface area contributed by atoms with E-state index >= 15 is 0 Å². The topological polar surface area (TPSA) is 105 Å². The molecule has 0 unspecified atom stereocenters. The Kier molecular flexibility index (Phi) is 6.89. The molecule has 0 aliphatic heterocycles. The average molecular weight is 411 g/mol. The Morgan fingerprint density at radius 3 is 2.37 bits per heavy atom. The monoisotopic (exact) mass is 410 g/mol. The predicted octanol–water partition coefficient (Wildman–Crippen LogP) is 3.72. The van der Waals surface area contributed by atoms with Gasteiger partial charge in [0.25, 0.3) is 5.69 Å². The molecule has 0 aliphatic carbocycles. The van der Waals surface area contributed by atoms with Crippen LogP contribution in [0.15, 0.2) is 52.5 Å². The summed E-state index contributed by atoms with van der Waals surface area (Å²) < 4.78 is 26.9. The maximum Gasteiger partial charge on any atom is 0.270 e. The van der Waals surface area contributed by atoms with Crippen molar-refractivity contribution < 1.29 is 13.3 Å². The van der Waals surface area contributed by atoms with Gasteiger partial charge in [0.2, 0.25) is 10.0 Å². The van der Waals surface area contributed by atoms with Crippen LogP contribution in [0.3, 0.4) is 0 Å². The number of nitrogens with zero attached hydrogens (tertiary/aromatic N) is 3. The molecule has 0 atom stereocenters. The van der Waals surface area contributed by atoms with Gasteiger partial charge in [-0.05, 0) is 23.8 Å².